The van der Waals surface area contributed by atoms with Crippen molar-refractivity contribution in [2.24, 2.45) is 23.2 Å². The molecule has 6 heteroatoms. The van der Waals surface area contributed by atoms with Gasteiger partial charge in [0.15, 0.2) is 0 Å². The number of carbonyl (C=O) groups is 3. The second kappa shape index (κ2) is 8.69. The first-order valence-corrected chi connectivity index (χ1v) is 13.8. The average molecular weight is 509 g/mol. The van der Waals surface area contributed by atoms with Crippen molar-refractivity contribution in [3.63, 3.8) is 0 Å². The van der Waals surface area contributed by atoms with Gasteiger partial charge in [0.2, 0.25) is 5.91 Å². The van der Waals surface area contributed by atoms with Crippen molar-refractivity contribution in [1.82, 2.24) is 4.90 Å². The number of anilines is 1. The van der Waals surface area contributed by atoms with Gasteiger partial charge in [-0.1, -0.05) is 24.3 Å². The lowest BCUT2D eigenvalue weighted by molar-refractivity contribution is -0.143. The van der Waals surface area contributed by atoms with Gasteiger partial charge < -0.3 is 9.64 Å². The number of amides is 3. The van der Waals surface area contributed by atoms with E-state index in [0.29, 0.717) is 28.9 Å². The van der Waals surface area contributed by atoms with Gasteiger partial charge in [0.25, 0.3) is 11.8 Å². The van der Waals surface area contributed by atoms with Crippen molar-refractivity contribution in [2.75, 3.05) is 25.1 Å². The molecule has 5 aliphatic rings. The maximum Gasteiger partial charge on any atom is 0.261 e. The summed E-state index contributed by atoms with van der Waals surface area (Å²) in [6, 6.07) is 18.7. The van der Waals surface area contributed by atoms with Crippen LogP contribution in [0, 0.1) is 23.2 Å². The van der Waals surface area contributed by atoms with Crippen molar-refractivity contribution in [3.05, 3.63) is 71.8 Å². The van der Waals surface area contributed by atoms with Crippen LogP contribution < -0.4 is 9.64 Å². The topological polar surface area (TPSA) is 66.9 Å². The Morgan fingerprint density at radius 2 is 1.42 bits per heavy atom. The Bertz CT molecular complexity index is 1370. The summed E-state index contributed by atoms with van der Waals surface area (Å²) in [4.78, 5) is 44.7. The van der Waals surface area contributed by atoms with E-state index >= 15 is 0 Å². The Balaban J connectivity index is 1.21. The zero-order chi connectivity index (χ0) is 26.0. The zero-order valence-electron chi connectivity index (χ0n) is 21.7. The predicted octanol–water partition coefficient (Wildman–Crippen LogP) is 5.69. The van der Waals surface area contributed by atoms with Gasteiger partial charge in [-0.05, 0) is 98.1 Å². The molecule has 0 spiro atoms. The molecule has 8 rings (SSSR count). The second-order valence-corrected chi connectivity index (χ2v) is 11.8. The number of rotatable bonds is 6. The SMILES string of the molecule is COc1ccc(N(CCN2C(=O)c3cccc4cccc(c34)C2=O)C(=O)C23CC4CC(CC(C4)C2)C3)cc1. The number of ether oxygens (including phenoxy) is 1. The summed E-state index contributed by atoms with van der Waals surface area (Å²) in [5.41, 5.74) is 1.54. The van der Waals surface area contributed by atoms with Gasteiger partial charge in [0, 0.05) is 35.3 Å². The fourth-order valence-corrected chi connectivity index (χ4v) is 8.25. The number of imide groups is 1. The van der Waals surface area contributed by atoms with E-state index < -0.39 is 0 Å². The van der Waals surface area contributed by atoms with Crippen LogP contribution in [-0.4, -0.2) is 42.8 Å². The molecule has 1 heterocycles. The Hall–Kier alpha value is -3.67. The van der Waals surface area contributed by atoms with Crippen LogP contribution in [0.4, 0.5) is 5.69 Å². The van der Waals surface area contributed by atoms with Gasteiger partial charge in [-0.25, -0.2) is 0 Å². The molecular weight excluding hydrogens is 476 g/mol. The number of methoxy groups -OCH3 is 1. The summed E-state index contributed by atoms with van der Waals surface area (Å²) in [6.07, 6.45) is 6.66. The molecular formula is C32H32N2O4. The number of hydrogen-bond donors (Lipinski definition) is 0. The lowest BCUT2D eigenvalue weighted by Crippen LogP contribution is -2.56. The Morgan fingerprint density at radius 1 is 0.868 bits per heavy atom. The minimum atomic E-state index is -0.331. The highest BCUT2D eigenvalue weighted by molar-refractivity contribution is 6.25. The molecule has 0 radical (unpaired) electrons. The molecule has 4 bridgehead atoms. The first-order valence-electron chi connectivity index (χ1n) is 13.8. The van der Waals surface area contributed by atoms with Crippen LogP contribution in [0.5, 0.6) is 5.75 Å². The van der Waals surface area contributed by atoms with Crippen molar-refractivity contribution < 1.29 is 19.1 Å². The summed E-state index contributed by atoms with van der Waals surface area (Å²) >= 11 is 0. The van der Waals surface area contributed by atoms with Gasteiger partial charge in [-0.3, -0.25) is 19.3 Å². The average Bonchev–Trinajstić information content (AvgIpc) is 2.92. The Kier molecular flexibility index (Phi) is 5.36. The van der Waals surface area contributed by atoms with E-state index in [1.165, 1.54) is 24.2 Å². The molecule has 4 saturated carbocycles. The largest absolute Gasteiger partial charge is 0.497 e. The number of carbonyl (C=O) groups excluding carboxylic acids is 3. The summed E-state index contributed by atoms with van der Waals surface area (Å²) in [7, 11) is 1.62. The highest BCUT2D eigenvalue weighted by Gasteiger charge is 2.55. The molecule has 0 atom stereocenters. The van der Waals surface area contributed by atoms with Crippen LogP contribution in [0.25, 0.3) is 10.8 Å². The van der Waals surface area contributed by atoms with Crippen molar-refractivity contribution in [1.29, 1.82) is 0 Å². The molecule has 3 aromatic rings. The van der Waals surface area contributed by atoms with E-state index in [9.17, 15) is 14.4 Å². The van der Waals surface area contributed by atoms with Gasteiger partial charge in [0.05, 0.1) is 12.5 Å². The fraction of sp³-hybridized carbons (Fsp3) is 0.406. The second-order valence-electron chi connectivity index (χ2n) is 11.8. The van der Waals surface area contributed by atoms with Crippen molar-refractivity contribution in [3.8, 4) is 5.75 Å². The number of nitrogens with zero attached hydrogens (tertiary/aromatic N) is 2. The normalized spacial score (nSPS) is 27.2. The molecule has 0 unspecified atom stereocenters. The van der Waals surface area contributed by atoms with Gasteiger partial charge in [0.1, 0.15) is 5.75 Å². The van der Waals surface area contributed by atoms with E-state index in [4.69, 9.17) is 4.74 Å². The number of hydrogen-bond acceptors (Lipinski definition) is 4. The molecule has 194 valence electrons. The molecule has 3 amide bonds. The van der Waals surface area contributed by atoms with E-state index in [0.717, 1.165) is 41.5 Å². The molecule has 4 fully saturated rings. The van der Waals surface area contributed by atoms with E-state index in [2.05, 4.69) is 0 Å². The summed E-state index contributed by atoms with van der Waals surface area (Å²) in [5.74, 6) is 2.22. The first-order chi connectivity index (χ1) is 18.5. The van der Waals surface area contributed by atoms with Gasteiger partial charge in [-0.2, -0.15) is 0 Å². The minimum absolute atomic E-state index is 0.145. The molecule has 38 heavy (non-hydrogen) atoms. The quantitative estimate of drug-likeness (QED) is 0.401. The molecule has 3 aromatic carbocycles. The van der Waals surface area contributed by atoms with Crippen LogP contribution in [0.2, 0.25) is 0 Å². The maximum absolute atomic E-state index is 14.4. The first kappa shape index (κ1) is 23.4. The summed E-state index contributed by atoms with van der Waals surface area (Å²) in [5, 5.41) is 1.61. The lowest BCUT2D eigenvalue weighted by Gasteiger charge is -2.56. The molecule has 0 saturated heterocycles. The summed E-state index contributed by atoms with van der Waals surface area (Å²) in [6.45, 7) is 0.412. The highest BCUT2D eigenvalue weighted by atomic mass is 16.5. The van der Waals surface area contributed by atoms with Crippen LogP contribution >= 0.6 is 0 Å². The highest BCUT2D eigenvalue weighted by Crippen LogP contribution is 2.60. The number of benzene rings is 3. The Labute approximate surface area is 222 Å². The van der Waals surface area contributed by atoms with E-state index in [-0.39, 0.29) is 36.2 Å². The summed E-state index contributed by atoms with van der Waals surface area (Å²) < 4.78 is 5.35. The standard InChI is InChI=1S/C32H32N2O4/c1-38-25-10-8-24(9-11-25)33(31(37)32-17-20-14-21(18-32)16-22(15-20)19-32)12-13-34-29(35)26-6-2-4-23-5-3-7-27(28(23)26)30(34)36/h2-11,20-22H,12-19H2,1H3. The van der Waals surface area contributed by atoms with Crippen LogP contribution in [-0.2, 0) is 4.79 Å². The van der Waals surface area contributed by atoms with E-state index in [1.54, 1.807) is 19.2 Å². The van der Waals surface area contributed by atoms with Crippen LogP contribution in [0.15, 0.2) is 60.7 Å². The van der Waals surface area contributed by atoms with Gasteiger partial charge >= 0.3 is 0 Å². The van der Waals surface area contributed by atoms with Crippen LogP contribution in [0.1, 0.15) is 59.2 Å². The Morgan fingerprint density at radius 3 is 1.95 bits per heavy atom. The van der Waals surface area contributed by atoms with Gasteiger partial charge in [-0.15, -0.1) is 0 Å². The predicted molar refractivity (Wildman–Crippen MR) is 145 cm³/mol. The lowest BCUT2D eigenvalue weighted by atomic mass is 9.49. The third-order valence-electron chi connectivity index (χ3n) is 9.52. The van der Waals surface area contributed by atoms with E-state index in [1.807, 2.05) is 53.4 Å². The minimum Gasteiger partial charge on any atom is -0.497 e. The third kappa shape index (κ3) is 3.57. The molecule has 1 aliphatic heterocycles. The molecule has 4 aliphatic carbocycles. The molecule has 6 nitrogen and oxygen atoms in total. The monoisotopic (exact) mass is 508 g/mol. The smallest absolute Gasteiger partial charge is 0.261 e. The maximum atomic E-state index is 14.4. The van der Waals surface area contributed by atoms with Crippen molar-refractivity contribution in [2.45, 2.75) is 38.5 Å². The fourth-order valence-electron chi connectivity index (χ4n) is 8.25. The zero-order valence-corrected chi connectivity index (χ0v) is 21.7. The van der Waals surface area contributed by atoms with Crippen molar-refractivity contribution >= 4 is 34.2 Å². The molecule has 0 aromatic heterocycles. The van der Waals surface area contributed by atoms with Crippen LogP contribution in [0.3, 0.4) is 0 Å². The third-order valence-corrected chi connectivity index (χ3v) is 9.52. The molecule has 0 N–H and O–H groups in total.